The maximum Gasteiger partial charge on any atom is 0.223 e. The van der Waals surface area contributed by atoms with Gasteiger partial charge in [-0.3, -0.25) is 9.78 Å². The largest absolute Gasteiger partial charge is 0.356 e. The second-order valence-corrected chi connectivity index (χ2v) is 7.49. The van der Waals surface area contributed by atoms with Crippen molar-refractivity contribution in [3.05, 3.63) is 18.6 Å². The topological polar surface area (TPSA) is 61.4 Å². The van der Waals surface area contributed by atoms with Crippen molar-refractivity contribution in [2.75, 3.05) is 44.2 Å². The highest BCUT2D eigenvalue weighted by molar-refractivity contribution is 5.78. The summed E-state index contributed by atoms with van der Waals surface area (Å²) in [5.41, 5.74) is 0. The van der Waals surface area contributed by atoms with Gasteiger partial charge in [0.15, 0.2) is 0 Å². The molecule has 0 unspecified atom stereocenters. The highest BCUT2D eigenvalue weighted by atomic mass is 16.1. The summed E-state index contributed by atoms with van der Waals surface area (Å²) in [7, 11) is 0. The monoisotopic (exact) mass is 345 g/mol. The zero-order chi connectivity index (χ0) is 17.5. The minimum absolute atomic E-state index is 0.142. The molecule has 0 saturated carbocycles. The Kier molecular flexibility index (Phi) is 6.62. The van der Waals surface area contributed by atoms with E-state index in [0.29, 0.717) is 0 Å². The van der Waals surface area contributed by atoms with Crippen LogP contribution < -0.4 is 10.2 Å². The van der Waals surface area contributed by atoms with Gasteiger partial charge in [0.2, 0.25) is 5.91 Å². The van der Waals surface area contributed by atoms with Gasteiger partial charge in [-0.15, -0.1) is 0 Å². The maximum atomic E-state index is 12.4. The Morgan fingerprint density at radius 2 is 1.92 bits per heavy atom. The molecule has 0 radical (unpaired) electrons. The normalized spacial score (nSPS) is 20.6. The SMILES string of the molecule is CC1CCN(CCCNC(=O)C2CCN(c3cnccn3)CC2)CC1. The van der Waals surface area contributed by atoms with Gasteiger partial charge in [-0.05, 0) is 57.7 Å². The lowest BCUT2D eigenvalue weighted by molar-refractivity contribution is -0.125. The number of nitrogens with one attached hydrogen (secondary N) is 1. The molecule has 0 spiro atoms. The number of nitrogens with zero attached hydrogens (tertiary/aromatic N) is 4. The number of amides is 1. The van der Waals surface area contributed by atoms with Crippen LogP contribution in [0.25, 0.3) is 0 Å². The maximum absolute atomic E-state index is 12.4. The van der Waals surface area contributed by atoms with E-state index in [9.17, 15) is 4.79 Å². The van der Waals surface area contributed by atoms with Crippen LogP contribution in [0.15, 0.2) is 18.6 Å². The van der Waals surface area contributed by atoms with Gasteiger partial charge in [0, 0.05) is 37.9 Å². The molecule has 3 heterocycles. The van der Waals surface area contributed by atoms with Crippen LogP contribution in [0.1, 0.15) is 39.0 Å². The fourth-order valence-electron chi connectivity index (χ4n) is 3.77. The average molecular weight is 345 g/mol. The van der Waals surface area contributed by atoms with Gasteiger partial charge in [0.1, 0.15) is 5.82 Å². The molecule has 1 amide bonds. The number of hydrogen-bond donors (Lipinski definition) is 1. The Labute approximate surface area is 151 Å². The molecule has 1 aromatic heterocycles. The Balaban J connectivity index is 1.30. The first-order valence-corrected chi connectivity index (χ1v) is 9.73. The highest BCUT2D eigenvalue weighted by Gasteiger charge is 2.25. The van der Waals surface area contributed by atoms with Crippen molar-refractivity contribution >= 4 is 11.7 Å². The fourth-order valence-corrected chi connectivity index (χ4v) is 3.77. The summed E-state index contributed by atoms with van der Waals surface area (Å²) < 4.78 is 0. The number of aromatic nitrogens is 2. The molecule has 0 atom stereocenters. The fraction of sp³-hybridized carbons (Fsp3) is 0.737. The summed E-state index contributed by atoms with van der Waals surface area (Å²) in [4.78, 5) is 25.6. The zero-order valence-corrected chi connectivity index (χ0v) is 15.4. The van der Waals surface area contributed by atoms with E-state index in [4.69, 9.17) is 0 Å². The summed E-state index contributed by atoms with van der Waals surface area (Å²) in [5.74, 6) is 2.16. The van der Waals surface area contributed by atoms with E-state index in [1.807, 2.05) is 0 Å². The van der Waals surface area contributed by atoms with Crippen LogP contribution in [-0.2, 0) is 4.79 Å². The molecule has 2 aliphatic heterocycles. The summed E-state index contributed by atoms with van der Waals surface area (Å²) in [6.45, 7) is 8.44. The first kappa shape index (κ1) is 18.1. The molecule has 1 aromatic rings. The molecule has 138 valence electrons. The van der Waals surface area contributed by atoms with E-state index >= 15 is 0 Å². The van der Waals surface area contributed by atoms with E-state index in [-0.39, 0.29) is 11.8 Å². The van der Waals surface area contributed by atoms with Crippen LogP contribution in [0, 0.1) is 11.8 Å². The summed E-state index contributed by atoms with van der Waals surface area (Å²) >= 11 is 0. The number of rotatable bonds is 6. The van der Waals surface area contributed by atoms with Gasteiger partial charge in [0.25, 0.3) is 0 Å². The third-order valence-electron chi connectivity index (χ3n) is 5.57. The number of anilines is 1. The van der Waals surface area contributed by atoms with Crippen molar-refractivity contribution in [1.29, 1.82) is 0 Å². The zero-order valence-electron chi connectivity index (χ0n) is 15.4. The first-order valence-electron chi connectivity index (χ1n) is 9.73. The third kappa shape index (κ3) is 5.39. The van der Waals surface area contributed by atoms with Crippen LogP contribution in [-0.4, -0.2) is 60.0 Å². The summed E-state index contributed by atoms with van der Waals surface area (Å²) in [5, 5.41) is 3.14. The lowest BCUT2D eigenvalue weighted by Gasteiger charge is -2.32. The Bertz CT molecular complexity index is 522. The average Bonchev–Trinajstić information content (AvgIpc) is 2.67. The second-order valence-electron chi connectivity index (χ2n) is 7.49. The van der Waals surface area contributed by atoms with Crippen molar-refractivity contribution in [3.8, 4) is 0 Å². The van der Waals surface area contributed by atoms with Crippen molar-refractivity contribution in [2.24, 2.45) is 11.8 Å². The lowest BCUT2D eigenvalue weighted by atomic mass is 9.96. The van der Waals surface area contributed by atoms with Crippen LogP contribution in [0.3, 0.4) is 0 Å². The smallest absolute Gasteiger partial charge is 0.223 e. The minimum Gasteiger partial charge on any atom is -0.356 e. The molecule has 25 heavy (non-hydrogen) atoms. The minimum atomic E-state index is 0.142. The first-order chi connectivity index (χ1) is 12.2. The highest BCUT2D eigenvalue weighted by Crippen LogP contribution is 2.21. The van der Waals surface area contributed by atoms with Gasteiger partial charge < -0.3 is 15.1 Å². The third-order valence-corrected chi connectivity index (χ3v) is 5.57. The number of likely N-dealkylation sites (tertiary alicyclic amines) is 1. The predicted molar refractivity (Wildman–Crippen MR) is 99.4 cm³/mol. The summed E-state index contributed by atoms with van der Waals surface area (Å²) in [6, 6.07) is 0. The van der Waals surface area contributed by atoms with Crippen molar-refractivity contribution in [2.45, 2.75) is 39.0 Å². The molecule has 2 fully saturated rings. The van der Waals surface area contributed by atoms with Gasteiger partial charge in [-0.25, -0.2) is 4.98 Å². The van der Waals surface area contributed by atoms with E-state index in [1.54, 1.807) is 18.6 Å². The van der Waals surface area contributed by atoms with Gasteiger partial charge in [0.05, 0.1) is 6.20 Å². The Morgan fingerprint density at radius 1 is 1.16 bits per heavy atom. The van der Waals surface area contributed by atoms with Crippen molar-refractivity contribution in [1.82, 2.24) is 20.2 Å². The standard InChI is InChI=1S/C19H31N5O/c1-16-3-11-23(12-4-16)10-2-7-22-19(25)17-5-13-24(14-6-17)18-15-20-8-9-21-18/h8-9,15-17H,2-7,10-14H2,1H3,(H,22,25). The molecule has 6 nitrogen and oxygen atoms in total. The quantitative estimate of drug-likeness (QED) is 0.798. The number of piperidine rings is 2. The van der Waals surface area contributed by atoms with Gasteiger partial charge in [-0.1, -0.05) is 6.92 Å². The number of carbonyl (C=O) groups excluding carboxylic acids is 1. The molecule has 6 heteroatoms. The van der Waals surface area contributed by atoms with Crippen LogP contribution in [0.5, 0.6) is 0 Å². The van der Waals surface area contributed by atoms with Gasteiger partial charge in [-0.2, -0.15) is 0 Å². The Hall–Kier alpha value is -1.69. The molecule has 2 aliphatic rings. The van der Waals surface area contributed by atoms with Crippen LogP contribution in [0.4, 0.5) is 5.82 Å². The molecule has 1 N–H and O–H groups in total. The van der Waals surface area contributed by atoms with E-state index in [0.717, 1.165) is 57.2 Å². The number of hydrogen-bond acceptors (Lipinski definition) is 5. The molecular formula is C19H31N5O. The number of carbonyl (C=O) groups is 1. The molecule has 0 aliphatic carbocycles. The van der Waals surface area contributed by atoms with Crippen molar-refractivity contribution in [3.63, 3.8) is 0 Å². The van der Waals surface area contributed by atoms with Crippen LogP contribution >= 0.6 is 0 Å². The summed E-state index contributed by atoms with van der Waals surface area (Å²) in [6.07, 6.45) is 10.7. The van der Waals surface area contributed by atoms with Crippen LogP contribution in [0.2, 0.25) is 0 Å². The molecule has 0 bridgehead atoms. The predicted octanol–water partition coefficient (Wildman–Crippen LogP) is 1.93. The van der Waals surface area contributed by atoms with Crippen molar-refractivity contribution < 1.29 is 4.79 Å². The Morgan fingerprint density at radius 3 is 2.60 bits per heavy atom. The van der Waals surface area contributed by atoms with Gasteiger partial charge >= 0.3 is 0 Å². The second kappa shape index (κ2) is 9.13. The van der Waals surface area contributed by atoms with E-state index < -0.39 is 0 Å². The van der Waals surface area contributed by atoms with E-state index in [1.165, 1.54) is 25.9 Å². The molecular weight excluding hydrogens is 314 g/mol. The molecule has 0 aromatic carbocycles. The molecule has 3 rings (SSSR count). The van der Waals surface area contributed by atoms with E-state index in [2.05, 4.69) is 32.0 Å². The lowest BCUT2D eigenvalue weighted by Crippen LogP contribution is -2.41. The molecule has 2 saturated heterocycles.